The first-order chi connectivity index (χ1) is 16.2. The van der Waals surface area contributed by atoms with E-state index < -0.39 is 29.1 Å². The van der Waals surface area contributed by atoms with Gasteiger partial charge in [0.1, 0.15) is 12.4 Å². The van der Waals surface area contributed by atoms with Crippen LogP contribution in [0.4, 0.5) is 9.18 Å². The maximum atomic E-state index is 13.1. The normalized spacial score (nSPS) is 10.9. The molecule has 0 spiro atoms. The van der Waals surface area contributed by atoms with E-state index in [1.807, 2.05) is 30.3 Å². The molecular formula is C24H25FN4O5. The molecule has 3 N–H and O–H groups in total. The van der Waals surface area contributed by atoms with Gasteiger partial charge in [-0.25, -0.2) is 14.2 Å². The molecule has 34 heavy (non-hydrogen) atoms. The number of rotatable bonds is 8. The third-order valence-electron chi connectivity index (χ3n) is 4.81. The summed E-state index contributed by atoms with van der Waals surface area (Å²) in [6.07, 6.45) is -0.716. The largest absolute Gasteiger partial charge is 0.501 e. The quantitative estimate of drug-likeness (QED) is 0.463. The summed E-state index contributed by atoms with van der Waals surface area (Å²) >= 11 is 0. The van der Waals surface area contributed by atoms with E-state index in [4.69, 9.17) is 9.47 Å². The third kappa shape index (κ3) is 6.18. The van der Waals surface area contributed by atoms with E-state index in [1.54, 1.807) is 13.8 Å². The van der Waals surface area contributed by atoms with E-state index in [-0.39, 0.29) is 30.5 Å². The van der Waals surface area contributed by atoms with Gasteiger partial charge in [-0.15, -0.1) is 0 Å². The zero-order valence-corrected chi connectivity index (χ0v) is 19.0. The monoisotopic (exact) mass is 468 g/mol. The predicted molar refractivity (Wildman–Crippen MR) is 121 cm³/mol. The van der Waals surface area contributed by atoms with Gasteiger partial charge < -0.3 is 25.2 Å². The summed E-state index contributed by atoms with van der Waals surface area (Å²) in [5, 5.41) is 15.7. The van der Waals surface area contributed by atoms with E-state index in [0.717, 1.165) is 5.56 Å². The zero-order chi connectivity index (χ0) is 24.7. The fraction of sp³-hybridized carbons (Fsp3) is 0.250. The van der Waals surface area contributed by atoms with Crippen molar-refractivity contribution in [3.8, 4) is 11.6 Å². The van der Waals surface area contributed by atoms with E-state index in [1.165, 1.54) is 31.4 Å². The van der Waals surface area contributed by atoms with Gasteiger partial charge in [-0.2, -0.15) is 4.98 Å². The van der Waals surface area contributed by atoms with Crippen LogP contribution in [0.2, 0.25) is 0 Å². The summed E-state index contributed by atoms with van der Waals surface area (Å²) in [4.78, 5) is 33.4. The summed E-state index contributed by atoms with van der Waals surface area (Å²) in [6.45, 7) is 3.37. The summed E-state index contributed by atoms with van der Waals surface area (Å²) < 4.78 is 23.4. The van der Waals surface area contributed by atoms with Crippen LogP contribution in [0.3, 0.4) is 0 Å². The smallest absolute Gasteiger partial charge is 0.408 e. The molecule has 10 heteroatoms. The van der Waals surface area contributed by atoms with E-state index in [2.05, 4.69) is 20.6 Å². The van der Waals surface area contributed by atoms with Gasteiger partial charge in [0, 0.05) is 6.54 Å². The highest BCUT2D eigenvalue weighted by Gasteiger charge is 2.31. The van der Waals surface area contributed by atoms with Crippen molar-refractivity contribution in [2.45, 2.75) is 32.5 Å². The number of hydrogen-bond donors (Lipinski definition) is 3. The van der Waals surface area contributed by atoms with Crippen molar-refractivity contribution in [3.63, 3.8) is 0 Å². The lowest BCUT2D eigenvalue weighted by Gasteiger charge is -2.25. The number of halogens is 1. The second-order valence-electron chi connectivity index (χ2n) is 7.87. The molecule has 2 amide bonds. The topological polar surface area (TPSA) is 123 Å². The maximum absolute atomic E-state index is 13.1. The van der Waals surface area contributed by atoms with Gasteiger partial charge >= 0.3 is 6.09 Å². The molecule has 0 fully saturated rings. The number of benzene rings is 2. The molecule has 0 saturated heterocycles. The summed E-state index contributed by atoms with van der Waals surface area (Å²) in [5.41, 5.74) is -0.0472. The molecule has 0 unspecified atom stereocenters. The van der Waals surface area contributed by atoms with Crippen LogP contribution >= 0.6 is 0 Å². The number of hydrogen-bond acceptors (Lipinski definition) is 7. The number of nitrogens with zero attached hydrogens (tertiary/aromatic N) is 2. The lowest BCUT2D eigenvalue weighted by molar-refractivity contribution is 0.0941. The predicted octanol–water partition coefficient (Wildman–Crippen LogP) is 3.42. The summed E-state index contributed by atoms with van der Waals surface area (Å²) in [6, 6.07) is 14.8. The van der Waals surface area contributed by atoms with Crippen LogP contribution in [0.5, 0.6) is 11.6 Å². The van der Waals surface area contributed by atoms with E-state index in [0.29, 0.717) is 5.56 Å². The highest BCUT2D eigenvalue weighted by atomic mass is 19.1. The van der Waals surface area contributed by atoms with E-state index >= 15 is 0 Å². The molecule has 178 valence electrons. The molecule has 9 nitrogen and oxygen atoms in total. The van der Waals surface area contributed by atoms with Crippen molar-refractivity contribution < 1.29 is 28.6 Å². The van der Waals surface area contributed by atoms with Crippen LogP contribution < -0.4 is 15.4 Å². The van der Waals surface area contributed by atoms with Crippen LogP contribution in [-0.2, 0) is 23.4 Å². The fourth-order valence-corrected chi connectivity index (χ4v) is 2.95. The first-order valence-corrected chi connectivity index (χ1v) is 10.4. The minimum absolute atomic E-state index is 0.0192. The molecule has 0 bridgehead atoms. The Kier molecular flexibility index (Phi) is 7.62. The first kappa shape index (κ1) is 24.4. The van der Waals surface area contributed by atoms with Gasteiger partial charge in [0.15, 0.2) is 11.5 Å². The van der Waals surface area contributed by atoms with Crippen LogP contribution in [0, 0.1) is 5.82 Å². The number of amides is 2. The molecule has 0 aliphatic carbocycles. The minimum Gasteiger partial charge on any atom is -0.501 e. The number of carbonyl (C=O) groups is 2. The first-order valence-electron chi connectivity index (χ1n) is 10.4. The lowest BCUT2D eigenvalue weighted by Crippen LogP contribution is -2.43. The molecule has 0 aliphatic rings. The van der Waals surface area contributed by atoms with Gasteiger partial charge in [0.25, 0.3) is 11.8 Å². The highest BCUT2D eigenvalue weighted by molar-refractivity contribution is 5.95. The standard InChI is InChI=1S/C24H25FN4O5/c1-24(2,29-23(32)34-14-16-7-5-4-6-8-16)22-27-18(19(30)21(28-22)33-3)20(31)26-13-15-9-11-17(25)12-10-15/h4-12,30H,13-14H2,1-3H3,(H,26,31)(H,29,32). The third-order valence-corrected chi connectivity index (χ3v) is 4.81. The van der Waals surface area contributed by atoms with Crippen molar-refractivity contribution >= 4 is 12.0 Å². The molecule has 0 aliphatic heterocycles. The number of nitrogens with one attached hydrogen (secondary N) is 2. The molecule has 3 rings (SSSR count). The number of carbonyl (C=O) groups excluding carboxylic acids is 2. The Labute approximate surface area is 196 Å². The Hall–Kier alpha value is -4.21. The maximum Gasteiger partial charge on any atom is 0.408 e. The Balaban J connectivity index is 1.74. The number of ether oxygens (including phenoxy) is 2. The van der Waals surface area contributed by atoms with Crippen molar-refractivity contribution in [3.05, 3.63) is 83.1 Å². The molecule has 3 aromatic rings. The second kappa shape index (κ2) is 10.6. The molecule has 0 atom stereocenters. The zero-order valence-electron chi connectivity index (χ0n) is 19.0. The van der Waals surface area contributed by atoms with Crippen LogP contribution in [0.25, 0.3) is 0 Å². The number of aromatic hydroxyl groups is 1. The summed E-state index contributed by atoms with van der Waals surface area (Å²) in [7, 11) is 1.28. The van der Waals surface area contributed by atoms with Gasteiger partial charge in [-0.05, 0) is 37.1 Å². The van der Waals surface area contributed by atoms with Crippen molar-refractivity contribution in [1.82, 2.24) is 20.6 Å². The number of alkyl carbamates (subject to hydrolysis) is 1. The Bertz CT molecular complexity index is 1150. The van der Waals surface area contributed by atoms with Crippen LogP contribution in [-0.4, -0.2) is 34.2 Å². The highest BCUT2D eigenvalue weighted by Crippen LogP contribution is 2.29. The van der Waals surface area contributed by atoms with Crippen molar-refractivity contribution in [2.75, 3.05) is 7.11 Å². The lowest BCUT2D eigenvalue weighted by atomic mass is 10.0. The number of aromatic nitrogens is 2. The average Bonchev–Trinajstić information content (AvgIpc) is 2.82. The van der Waals surface area contributed by atoms with Crippen LogP contribution in [0.1, 0.15) is 41.3 Å². The molecule has 1 heterocycles. The molecule has 2 aromatic carbocycles. The second-order valence-corrected chi connectivity index (χ2v) is 7.87. The Morgan fingerprint density at radius 3 is 2.35 bits per heavy atom. The molecule has 0 radical (unpaired) electrons. The molecule has 0 saturated carbocycles. The van der Waals surface area contributed by atoms with Gasteiger partial charge in [0.2, 0.25) is 5.75 Å². The Morgan fingerprint density at radius 1 is 1.03 bits per heavy atom. The van der Waals surface area contributed by atoms with Gasteiger partial charge in [0.05, 0.1) is 12.6 Å². The van der Waals surface area contributed by atoms with Crippen molar-refractivity contribution in [1.29, 1.82) is 0 Å². The number of methoxy groups -OCH3 is 1. The average molecular weight is 468 g/mol. The summed E-state index contributed by atoms with van der Waals surface area (Å²) in [5.74, 6) is -1.86. The van der Waals surface area contributed by atoms with Gasteiger partial charge in [-0.3, -0.25) is 4.79 Å². The van der Waals surface area contributed by atoms with Crippen molar-refractivity contribution in [2.24, 2.45) is 0 Å². The fourth-order valence-electron chi connectivity index (χ4n) is 2.95. The molecular weight excluding hydrogens is 443 g/mol. The van der Waals surface area contributed by atoms with E-state index in [9.17, 15) is 19.1 Å². The Morgan fingerprint density at radius 2 is 1.71 bits per heavy atom. The minimum atomic E-state index is -1.18. The van der Waals surface area contributed by atoms with Gasteiger partial charge in [-0.1, -0.05) is 42.5 Å². The SMILES string of the molecule is COc1nc(C(C)(C)NC(=O)OCc2ccccc2)nc(C(=O)NCc2ccc(F)cc2)c1O. The molecule has 1 aromatic heterocycles. The van der Waals surface area contributed by atoms with Crippen LogP contribution in [0.15, 0.2) is 54.6 Å².